The van der Waals surface area contributed by atoms with Crippen LogP contribution in [-0.4, -0.2) is 13.0 Å². The van der Waals surface area contributed by atoms with Crippen LogP contribution in [0.25, 0.3) is 0 Å². The molecule has 0 aliphatic heterocycles. The highest BCUT2D eigenvalue weighted by Gasteiger charge is 2.06. The van der Waals surface area contributed by atoms with E-state index >= 15 is 0 Å². The van der Waals surface area contributed by atoms with Crippen LogP contribution in [0.3, 0.4) is 0 Å². The third kappa shape index (κ3) is 4.82. The predicted molar refractivity (Wildman–Crippen MR) is 67.8 cm³/mol. The SMILES string of the molecule is CC.COc1ccc(NC(=O)C(C)C)cc1. The van der Waals surface area contributed by atoms with Gasteiger partial charge in [0, 0.05) is 11.6 Å². The Hall–Kier alpha value is -1.51. The van der Waals surface area contributed by atoms with Crippen molar-refractivity contribution in [2.24, 2.45) is 5.92 Å². The van der Waals surface area contributed by atoms with Gasteiger partial charge < -0.3 is 10.1 Å². The predicted octanol–water partition coefficient (Wildman–Crippen LogP) is 3.32. The molecule has 0 fully saturated rings. The number of benzene rings is 1. The number of carbonyl (C=O) groups is 1. The summed E-state index contributed by atoms with van der Waals surface area (Å²) in [4.78, 5) is 11.3. The largest absolute Gasteiger partial charge is 0.497 e. The zero-order chi connectivity index (χ0) is 12.6. The van der Waals surface area contributed by atoms with E-state index in [1.54, 1.807) is 7.11 Å². The molecule has 0 aromatic heterocycles. The fraction of sp³-hybridized carbons (Fsp3) is 0.462. The van der Waals surface area contributed by atoms with Gasteiger partial charge in [0.2, 0.25) is 5.91 Å². The number of ether oxygens (including phenoxy) is 1. The molecule has 16 heavy (non-hydrogen) atoms. The number of methoxy groups -OCH3 is 1. The fourth-order valence-corrected chi connectivity index (χ4v) is 0.961. The van der Waals surface area contributed by atoms with E-state index in [1.807, 2.05) is 52.0 Å². The molecule has 90 valence electrons. The highest BCUT2D eigenvalue weighted by atomic mass is 16.5. The van der Waals surface area contributed by atoms with Gasteiger partial charge in [0.05, 0.1) is 7.11 Å². The van der Waals surface area contributed by atoms with E-state index in [9.17, 15) is 4.79 Å². The van der Waals surface area contributed by atoms with E-state index in [0.29, 0.717) is 0 Å². The number of anilines is 1. The van der Waals surface area contributed by atoms with Crippen molar-refractivity contribution in [1.29, 1.82) is 0 Å². The van der Waals surface area contributed by atoms with Gasteiger partial charge in [-0.2, -0.15) is 0 Å². The maximum absolute atomic E-state index is 11.3. The van der Waals surface area contributed by atoms with E-state index in [4.69, 9.17) is 4.74 Å². The lowest BCUT2D eigenvalue weighted by Crippen LogP contribution is -2.17. The molecule has 1 N–H and O–H groups in total. The van der Waals surface area contributed by atoms with Gasteiger partial charge >= 0.3 is 0 Å². The highest BCUT2D eigenvalue weighted by molar-refractivity contribution is 5.92. The molecule has 0 aliphatic rings. The third-order valence-electron chi connectivity index (χ3n) is 1.88. The van der Waals surface area contributed by atoms with Crippen molar-refractivity contribution >= 4 is 11.6 Å². The summed E-state index contributed by atoms with van der Waals surface area (Å²) in [6.45, 7) is 7.72. The van der Waals surface area contributed by atoms with Crippen molar-refractivity contribution in [3.8, 4) is 5.75 Å². The summed E-state index contributed by atoms with van der Waals surface area (Å²) in [7, 11) is 1.61. The molecule has 1 aromatic carbocycles. The van der Waals surface area contributed by atoms with Crippen molar-refractivity contribution < 1.29 is 9.53 Å². The lowest BCUT2D eigenvalue weighted by Gasteiger charge is -2.07. The minimum atomic E-state index is -0.00268. The minimum Gasteiger partial charge on any atom is -0.497 e. The maximum atomic E-state index is 11.3. The summed E-state index contributed by atoms with van der Waals surface area (Å²) in [5.74, 6) is 0.805. The van der Waals surface area contributed by atoms with E-state index in [-0.39, 0.29) is 11.8 Å². The number of nitrogens with one attached hydrogen (secondary N) is 1. The molecule has 1 rings (SSSR count). The van der Waals surface area contributed by atoms with Crippen LogP contribution in [0.4, 0.5) is 5.69 Å². The second-order valence-electron chi connectivity index (χ2n) is 3.37. The average molecular weight is 223 g/mol. The first-order chi connectivity index (χ1) is 7.63. The van der Waals surface area contributed by atoms with E-state index in [2.05, 4.69) is 5.32 Å². The van der Waals surface area contributed by atoms with E-state index in [0.717, 1.165) is 11.4 Å². The molecular weight excluding hydrogens is 202 g/mol. The van der Waals surface area contributed by atoms with Gasteiger partial charge in [0.25, 0.3) is 0 Å². The Morgan fingerprint density at radius 3 is 2.06 bits per heavy atom. The van der Waals surface area contributed by atoms with Crippen molar-refractivity contribution in [3.05, 3.63) is 24.3 Å². The Labute approximate surface area is 97.8 Å². The van der Waals surface area contributed by atoms with Crippen LogP contribution in [0.2, 0.25) is 0 Å². The number of hydrogen-bond donors (Lipinski definition) is 1. The molecule has 0 atom stereocenters. The summed E-state index contributed by atoms with van der Waals surface area (Å²) in [6.07, 6.45) is 0. The Kier molecular flexibility index (Phi) is 7.01. The second-order valence-corrected chi connectivity index (χ2v) is 3.37. The van der Waals surface area contributed by atoms with Crippen LogP contribution in [0.15, 0.2) is 24.3 Å². The highest BCUT2D eigenvalue weighted by Crippen LogP contribution is 2.15. The lowest BCUT2D eigenvalue weighted by atomic mass is 10.2. The molecule has 0 saturated heterocycles. The molecule has 3 nitrogen and oxygen atoms in total. The summed E-state index contributed by atoms with van der Waals surface area (Å²) in [5, 5.41) is 2.80. The zero-order valence-electron chi connectivity index (χ0n) is 10.7. The first-order valence-electron chi connectivity index (χ1n) is 5.58. The van der Waals surface area contributed by atoms with Crippen molar-refractivity contribution in [1.82, 2.24) is 0 Å². The van der Waals surface area contributed by atoms with Gasteiger partial charge in [-0.1, -0.05) is 27.7 Å². The summed E-state index contributed by atoms with van der Waals surface area (Å²) >= 11 is 0. The van der Waals surface area contributed by atoms with Crippen molar-refractivity contribution in [3.63, 3.8) is 0 Å². The van der Waals surface area contributed by atoms with Gasteiger partial charge in [0.1, 0.15) is 5.75 Å². The standard InChI is InChI=1S/C11H15NO2.C2H6/c1-8(2)11(13)12-9-4-6-10(14-3)7-5-9;1-2/h4-8H,1-3H3,(H,12,13);1-2H3. The topological polar surface area (TPSA) is 38.3 Å². The normalized spacial score (nSPS) is 9.12. The Balaban J connectivity index is 0.00000106. The zero-order valence-corrected chi connectivity index (χ0v) is 10.7. The molecule has 0 bridgehead atoms. The number of carbonyl (C=O) groups excluding carboxylic acids is 1. The first kappa shape index (κ1) is 14.5. The van der Waals surface area contributed by atoms with Gasteiger partial charge in [-0.25, -0.2) is 0 Å². The van der Waals surface area contributed by atoms with Crippen LogP contribution in [0.5, 0.6) is 5.75 Å². The molecule has 1 amide bonds. The molecule has 0 unspecified atom stereocenters. The monoisotopic (exact) mass is 223 g/mol. The van der Waals surface area contributed by atoms with Gasteiger partial charge in [-0.15, -0.1) is 0 Å². The molecule has 0 aliphatic carbocycles. The van der Waals surface area contributed by atoms with Crippen LogP contribution >= 0.6 is 0 Å². The first-order valence-corrected chi connectivity index (χ1v) is 5.58. The van der Waals surface area contributed by atoms with Crippen LogP contribution in [0, 0.1) is 5.92 Å². The quantitative estimate of drug-likeness (QED) is 0.853. The van der Waals surface area contributed by atoms with Crippen LogP contribution < -0.4 is 10.1 Å². The lowest BCUT2D eigenvalue weighted by molar-refractivity contribution is -0.118. The summed E-state index contributed by atoms with van der Waals surface area (Å²) in [6, 6.07) is 7.27. The Morgan fingerprint density at radius 2 is 1.69 bits per heavy atom. The van der Waals surface area contributed by atoms with Gasteiger partial charge in [-0.05, 0) is 24.3 Å². The second kappa shape index (κ2) is 7.74. The molecule has 0 heterocycles. The minimum absolute atomic E-state index is 0.00268. The molecular formula is C13H21NO2. The number of amides is 1. The smallest absolute Gasteiger partial charge is 0.226 e. The van der Waals surface area contributed by atoms with Gasteiger partial charge in [-0.3, -0.25) is 4.79 Å². The van der Waals surface area contributed by atoms with Crippen molar-refractivity contribution in [2.45, 2.75) is 27.7 Å². The van der Waals surface area contributed by atoms with E-state index in [1.165, 1.54) is 0 Å². The molecule has 0 radical (unpaired) electrons. The summed E-state index contributed by atoms with van der Waals surface area (Å²) in [5.41, 5.74) is 0.796. The van der Waals surface area contributed by atoms with Crippen LogP contribution in [-0.2, 0) is 4.79 Å². The maximum Gasteiger partial charge on any atom is 0.226 e. The Morgan fingerprint density at radius 1 is 1.19 bits per heavy atom. The fourth-order valence-electron chi connectivity index (χ4n) is 0.961. The molecule has 1 aromatic rings. The molecule has 0 spiro atoms. The van der Waals surface area contributed by atoms with Gasteiger partial charge in [0.15, 0.2) is 0 Å². The summed E-state index contributed by atoms with van der Waals surface area (Å²) < 4.78 is 5.01. The molecule has 3 heteroatoms. The van der Waals surface area contributed by atoms with Crippen molar-refractivity contribution in [2.75, 3.05) is 12.4 Å². The third-order valence-corrected chi connectivity index (χ3v) is 1.88. The van der Waals surface area contributed by atoms with Crippen LogP contribution in [0.1, 0.15) is 27.7 Å². The molecule has 0 saturated carbocycles. The number of hydrogen-bond acceptors (Lipinski definition) is 2. The Bertz CT molecular complexity index is 304. The van der Waals surface area contributed by atoms with E-state index < -0.39 is 0 Å². The average Bonchev–Trinajstić information content (AvgIpc) is 2.32. The number of rotatable bonds is 3.